The summed E-state index contributed by atoms with van der Waals surface area (Å²) in [6.07, 6.45) is 1.06. The Balaban J connectivity index is 2.98. The van der Waals surface area contributed by atoms with Crippen LogP contribution in [0.4, 0.5) is 0 Å². The average molecular weight is 447 g/mol. The average Bonchev–Trinajstić information content (AvgIpc) is 2.62. The van der Waals surface area contributed by atoms with Crippen molar-refractivity contribution in [1.82, 2.24) is 19.6 Å². The molecule has 1 fully saturated rings. The van der Waals surface area contributed by atoms with Crippen LogP contribution in [0.2, 0.25) is 0 Å². The number of hydrogen-bond acceptors (Lipinski definition) is 8. The van der Waals surface area contributed by atoms with E-state index in [4.69, 9.17) is 5.11 Å². The first-order valence-electron chi connectivity index (χ1n) is 10.3. The van der Waals surface area contributed by atoms with E-state index >= 15 is 0 Å². The minimum absolute atomic E-state index is 0.178. The molecule has 0 aromatic carbocycles. The van der Waals surface area contributed by atoms with Gasteiger partial charge in [-0.15, -0.1) is 0 Å². The highest BCUT2D eigenvalue weighted by Crippen LogP contribution is 2.07. The summed E-state index contributed by atoms with van der Waals surface area (Å²) < 4.78 is 0. The zero-order chi connectivity index (χ0) is 23.4. The van der Waals surface area contributed by atoms with Crippen molar-refractivity contribution in [3.63, 3.8) is 0 Å². The van der Waals surface area contributed by atoms with Crippen LogP contribution in [0.25, 0.3) is 0 Å². The monoisotopic (exact) mass is 446 g/mol. The van der Waals surface area contributed by atoms with Crippen LogP contribution in [0.3, 0.4) is 0 Å². The Hall–Kier alpha value is -2.28. The first-order chi connectivity index (χ1) is 14.6. The van der Waals surface area contributed by atoms with Crippen molar-refractivity contribution in [2.45, 2.75) is 25.8 Å². The first kappa shape index (κ1) is 26.8. The van der Waals surface area contributed by atoms with E-state index < -0.39 is 23.9 Å². The van der Waals surface area contributed by atoms with Gasteiger partial charge in [0.1, 0.15) is 0 Å². The zero-order valence-electron chi connectivity index (χ0n) is 18.0. The van der Waals surface area contributed by atoms with Gasteiger partial charge in [0.05, 0.1) is 26.2 Å². The van der Waals surface area contributed by atoms with Gasteiger partial charge in [0.25, 0.3) is 0 Å². The van der Waals surface area contributed by atoms with Crippen molar-refractivity contribution >= 4 is 23.9 Å². The van der Waals surface area contributed by atoms with E-state index in [0.717, 1.165) is 0 Å². The van der Waals surface area contributed by atoms with Gasteiger partial charge >= 0.3 is 23.9 Å². The Morgan fingerprint density at radius 3 is 1.45 bits per heavy atom. The van der Waals surface area contributed by atoms with E-state index in [-0.39, 0.29) is 32.2 Å². The molecule has 0 amide bonds. The van der Waals surface area contributed by atoms with Crippen LogP contribution in [0, 0.1) is 0 Å². The number of nitrogens with zero attached hydrogens (tertiary/aromatic N) is 4. The lowest BCUT2D eigenvalue weighted by Crippen LogP contribution is -2.48. The first-order valence-corrected chi connectivity index (χ1v) is 10.3. The Bertz CT molecular complexity index is 618. The fourth-order valence-electron chi connectivity index (χ4n) is 3.76. The van der Waals surface area contributed by atoms with Gasteiger partial charge in [-0.3, -0.25) is 38.8 Å². The summed E-state index contributed by atoms with van der Waals surface area (Å²) in [5.41, 5.74) is 0. The lowest BCUT2D eigenvalue weighted by molar-refractivity contribution is -0.141. The molecule has 1 aliphatic heterocycles. The number of rotatable bonds is 8. The minimum Gasteiger partial charge on any atom is -0.480 e. The van der Waals surface area contributed by atoms with E-state index in [2.05, 4.69) is 0 Å². The molecule has 1 atom stereocenters. The van der Waals surface area contributed by atoms with Gasteiger partial charge < -0.3 is 20.4 Å². The van der Waals surface area contributed by atoms with Crippen molar-refractivity contribution < 1.29 is 39.6 Å². The summed E-state index contributed by atoms with van der Waals surface area (Å²) in [7, 11) is 0. The molecule has 4 N–H and O–H groups in total. The molecule has 1 saturated heterocycles. The van der Waals surface area contributed by atoms with Crippen LogP contribution in [-0.4, -0.2) is 142 Å². The van der Waals surface area contributed by atoms with Gasteiger partial charge in [-0.05, 0) is 19.8 Å². The standard InChI is InChI=1S/C19H34N4O8/c1-15-10-22(13-18(28)29)6-2-4-20(11-16(24)25)8-9-21(12-17(26)27)5-3-7-23(15)14-19(30)31/h15H,2-14H2,1H3,(H,24,25)(H,26,27)(H,28,29)(H,30,31). The summed E-state index contributed by atoms with van der Waals surface area (Å²) in [5.74, 6) is -3.92. The molecule has 0 aliphatic carbocycles. The molecule has 12 heteroatoms. The van der Waals surface area contributed by atoms with Crippen LogP contribution in [0.15, 0.2) is 0 Å². The van der Waals surface area contributed by atoms with E-state index in [9.17, 15) is 34.5 Å². The maximum atomic E-state index is 11.3. The van der Waals surface area contributed by atoms with Crippen molar-refractivity contribution in [3.8, 4) is 0 Å². The predicted octanol–water partition coefficient (Wildman–Crippen LogP) is -1.28. The van der Waals surface area contributed by atoms with Gasteiger partial charge in [-0.1, -0.05) is 0 Å². The quantitative estimate of drug-likeness (QED) is 0.350. The lowest BCUT2D eigenvalue weighted by atomic mass is 10.2. The van der Waals surface area contributed by atoms with Gasteiger partial charge in [-0.25, -0.2) is 0 Å². The normalized spacial score (nSPS) is 21.9. The molecule has 0 bridgehead atoms. The molecule has 0 spiro atoms. The molecule has 178 valence electrons. The van der Waals surface area contributed by atoms with E-state index in [1.165, 1.54) is 0 Å². The highest BCUT2D eigenvalue weighted by atomic mass is 16.4. The molecule has 1 heterocycles. The molecule has 1 aliphatic rings. The third kappa shape index (κ3) is 12.2. The summed E-state index contributed by atoms with van der Waals surface area (Å²) >= 11 is 0. The van der Waals surface area contributed by atoms with Crippen LogP contribution in [0.5, 0.6) is 0 Å². The molecule has 0 aromatic rings. The van der Waals surface area contributed by atoms with Crippen molar-refractivity contribution in [2.75, 3.05) is 72.0 Å². The maximum Gasteiger partial charge on any atom is 0.317 e. The minimum atomic E-state index is -0.982. The Labute approximate surface area is 181 Å². The summed E-state index contributed by atoms with van der Waals surface area (Å²) in [6.45, 7) is 3.91. The molecule has 0 aromatic heterocycles. The van der Waals surface area contributed by atoms with E-state index in [1.54, 1.807) is 19.6 Å². The van der Waals surface area contributed by atoms with Crippen molar-refractivity contribution in [1.29, 1.82) is 0 Å². The van der Waals surface area contributed by atoms with Gasteiger partial charge in [0.2, 0.25) is 0 Å². The molecular formula is C19H34N4O8. The van der Waals surface area contributed by atoms with Crippen molar-refractivity contribution in [2.24, 2.45) is 0 Å². The van der Waals surface area contributed by atoms with Crippen LogP contribution in [0.1, 0.15) is 19.8 Å². The van der Waals surface area contributed by atoms with Gasteiger partial charge in [0, 0.05) is 51.9 Å². The topological polar surface area (TPSA) is 162 Å². The zero-order valence-corrected chi connectivity index (χ0v) is 18.0. The van der Waals surface area contributed by atoms with Crippen LogP contribution in [-0.2, 0) is 19.2 Å². The summed E-state index contributed by atoms with van der Waals surface area (Å²) in [4.78, 5) is 51.9. The molecule has 0 radical (unpaired) electrons. The fourth-order valence-corrected chi connectivity index (χ4v) is 3.76. The molecule has 0 saturated carbocycles. The molecule has 12 nitrogen and oxygen atoms in total. The third-order valence-electron chi connectivity index (χ3n) is 5.16. The fraction of sp³-hybridized carbons (Fsp3) is 0.789. The summed E-state index contributed by atoms with van der Waals surface area (Å²) in [6, 6.07) is -0.221. The number of aliphatic carboxylic acids is 4. The highest BCUT2D eigenvalue weighted by molar-refractivity contribution is 5.70. The largest absolute Gasteiger partial charge is 0.480 e. The molecule has 1 unspecified atom stereocenters. The predicted molar refractivity (Wildman–Crippen MR) is 110 cm³/mol. The lowest BCUT2D eigenvalue weighted by Gasteiger charge is -2.34. The second-order valence-electron chi connectivity index (χ2n) is 7.89. The number of carboxylic acids is 4. The third-order valence-corrected chi connectivity index (χ3v) is 5.16. The van der Waals surface area contributed by atoms with E-state index in [1.807, 2.05) is 6.92 Å². The van der Waals surface area contributed by atoms with Crippen molar-refractivity contribution in [3.05, 3.63) is 0 Å². The Morgan fingerprint density at radius 1 is 0.613 bits per heavy atom. The van der Waals surface area contributed by atoms with Gasteiger partial charge in [-0.2, -0.15) is 0 Å². The van der Waals surface area contributed by atoms with E-state index in [0.29, 0.717) is 58.7 Å². The number of carbonyl (C=O) groups is 4. The Kier molecular flexibility index (Phi) is 12.0. The van der Waals surface area contributed by atoms with Gasteiger partial charge in [0.15, 0.2) is 0 Å². The second kappa shape index (κ2) is 13.9. The smallest absolute Gasteiger partial charge is 0.317 e. The maximum absolute atomic E-state index is 11.3. The summed E-state index contributed by atoms with van der Waals surface area (Å²) in [5, 5.41) is 36.8. The molecular weight excluding hydrogens is 412 g/mol. The number of carboxylic acid groups (broad SMARTS) is 4. The molecule has 1 rings (SSSR count). The SMILES string of the molecule is CC1CN(CC(=O)O)CCCN(CC(=O)O)CCN(CC(=O)O)CCCN1CC(=O)O. The van der Waals surface area contributed by atoms with Crippen LogP contribution >= 0.6 is 0 Å². The number of hydrogen-bond donors (Lipinski definition) is 4. The second-order valence-corrected chi connectivity index (χ2v) is 7.89. The van der Waals surface area contributed by atoms with Crippen LogP contribution < -0.4 is 0 Å². The highest BCUT2D eigenvalue weighted by Gasteiger charge is 2.22. The Morgan fingerprint density at radius 2 is 1.00 bits per heavy atom. The molecule has 31 heavy (non-hydrogen) atoms.